The van der Waals surface area contributed by atoms with E-state index in [2.05, 4.69) is 25.4 Å². The Balaban J connectivity index is 2.85. The molecule has 0 atom stereocenters. The molecule has 1 rings (SSSR count). The van der Waals surface area contributed by atoms with Gasteiger partial charge in [0.1, 0.15) is 0 Å². The Bertz CT molecular complexity index is 643. The molecule has 0 heterocycles. The lowest BCUT2D eigenvalue weighted by Crippen LogP contribution is -2.21. The van der Waals surface area contributed by atoms with Crippen LogP contribution in [0.15, 0.2) is 22.7 Å². The molecule has 0 saturated carbocycles. The molecule has 116 valence electrons. The van der Waals surface area contributed by atoms with E-state index in [4.69, 9.17) is 5.11 Å². The largest absolute Gasteiger partial charge is 0.478 e. The normalized spacial score (nSPS) is 11.0. The zero-order valence-corrected chi connectivity index (χ0v) is 13.5. The summed E-state index contributed by atoms with van der Waals surface area (Å²) in [6.07, 6.45) is -0.303. The molecule has 0 fully saturated rings. The van der Waals surface area contributed by atoms with Gasteiger partial charge < -0.3 is 9.84 Å². The van der Waals surface area contributed by atoms with Gasteiger partial charge in [-0.2, -0.15) is 0 Å². The van der Waals surface area contributed by atoms with Crippen LogP contribution < -0.4 is 4.72 Å². The van der Waals surface area contributed by atoms with Crippen LogP contribution in [0.3, 0.4) is 0 Å². The average Bonchev–Trinajstić information content (AvgIpc) is 2.38. The Morgan fingerprint density at radius 2 is 2.05 bits per heavy atom. The third-order valence-electron chi connectivity index (χ3n) is 2.36. The van der Waals surface area contributed by atoms with Crippen LogP contribution in [0.5, 0.6) is 0 Å². The molecule has 0 spiro atoms. The fourth-order valence-corrected chi connectivity index (χ4v) is 2.86. The van der Waals surface area contributed by atoms with E-state index < -0.39 is 27.7 Å². The van der Waals surface area contributed by atoms with E-state index in [1.54, 1.807) is 6.92 Å². The van der Waals surface area contributed by atoms with Crippen molar-refractivity contribution in [2.45, 2.75) is 13.3 Å². The first-order valence-electron chi connectivity index (χ1n) is 5.94. The summed E-state index contributed by atoms with van der Waals surface area (Å²) in [5.74, 6) is -2.38. The number of anilines is 1. The van der Waals surface area contributed by atoms with Gasteiger partial charge >= 0.3 is 11.9 Å². The molecule has 1 aromatic rings. The number of hydrogen-bond donors (Lipinski definition) is 2. The number of esters is 1. The number of carbonyl (C=O) groups excluding carboxylic acids is 1. The van der Waals surface area contributed by atoms with Crippen LogP contribution >= 0.6 is 15.9 Å². The maximum absolute atomic E-state index is 11.8. The molecule has 0 saturated heterocycles. The standard InChI is InChI=1S/C12H14BrNO6S/c1-2-20-11(15)5-6-21(18,19)14-10-4-3-8(13)7-9(10)12(16)17/h3-4,7,14H,2,5-6H2,1H3,(H,16,17). The third-order valence-corrected chi connectivity index (χ3v) is 4.12. The zero-order valence-electron chi connectivity index (χ0n) is 11.1. The number of sulfonamides is 1. The van der Waals surface area contributed by atoms with Crippen LogP contribution in [-0.2, 0) is 19.6 Å². The van der Waals surface area contributed by atoms with Gasteiger partial charge in [0, 0.05) is 4.47 Å². The van der Waals surface area contributed by atoms with Crippen LogP contribution in [0.25, 0.3) is 0 Å². The second kappa shape index (κ2) is 7.41. The average molecular weight is 380 g/mol. The molecule has 9 heteroatoms. The van der Waals surface area contributed by atoms with E-state index >= 15 is 0 Å². The number of carboxylic acid groups (broad SMARTS) is 1. The molecule has 2 N–H and O–H groups in total. The zero-order chi connectivity index (χ0) is 16.0. The third kappa shape index (κ3) is 5.72. The second-order valence-electron chi connectivity index (χ2n) is 3.97. The van der Waals surface area contributed by atoms with Crippen molar-refractivity contribution in [3.05, 3.63) is 28.2 Å². The number of carboxylic acids is 1. The number of carbonyl (C=O) groups is 2. The minimum atomic E-state index is -3.85. The first-order chi connectivity index (χ1) is 9.75. The first kappa shape index (κ1) is 17.4. The molecule has 0 radical (unpaired) electrons. The van der Waals surface area contributed by atoms with Crippen LogP contribution in [0.1, 0.15) is 23.7 Å². The fourth-order valence-electron chi connectivity index (χ4n) is 1.45. The number of rotatable bonds is 7. The summed E-state index contributed by atoms with van der Waals surface area (Å²) in [7, 11) is -3.85. The number of hydrogen-bond acceptors (Lipinski definition) is 5. The smallest absolute Gasteiger partial charge is 0.337 e. The molecule has 21 heavy (non-hydrogen) atoms. The molecule has 0 unspecified atom stereocenters. The SMILES string of the molecule is CCOC(=O)CCS(=O)(=O)Nc1ccc(Br)cc1C(=O)O. The molecule has 0 aliphatic rings. The van der Waals surface area contributed by atoms with Gasteiger partial charge in [0.25, 0.3) is 0 Å². The van der Waals surface area contributed by atoms with Crippen molar-refractivity contribution in [2.75, 3.05) is 17.1 Å². The van der Waals surface area contributed by atoms with Crippen molar-refractivity contribution in [1.82, 2.24) is 0 Å². The number of halogens is 1. The van der Waals surface area contributed by atoms with E-state index in [9.17, 15) is 18.0 Å². The van der Waals surface area contributed by atoms with E-state index in [-0.39, 0.29) is 24.3 Å². The Hall–Kier alpha value is -1.61. The highest BCUT2D eigenvalue weighted by molar-refractivity contribution is 9.10. The first-order valence-corrected chi connectivity index (χ1v) is 8.38. The summed E-state index contributed by atoms with van der Waals surface area (Å²) in [4.78, 5) is 22.2. The molecule has 0 aliphatic carbocycles. The summed E-state index contributed by atoms with van der Waals surface area (Å²) in [5, 5.41) is 9.05. The van der Waals surface area contributed by atoms with Crippen molar-refractivity contribution in [1.29, 1.82) is 0 Å². The van der Waals surface area contributed by atoms with E-state index in [0.717, 1.165) is 0 Å². The van der Waals surface area contributed by atoms with E-state index in [0.29, 0.717) is 4.47 Å². The van der Waals surface area contributed by atoms with Gasteiger partial charge in [-0.25, -0.2) is 13.2 Å². The lowest BCUT2D eigenvalue weighted by Gasteiger charge is -2.10. The number of benzene rings is 1. The summed E-state index contributed by atoms with van der Waals surface area (Å²) in [5.41, 5.74) is -0.251. The van der Waals surface area contributed by atoms with Gasteiger partial charge in [-0.15, -0.1) is 0 Å². The van der Waals surface area contributed by atoms with Crippen LogP contribution in [0.2, 0.25) is 0 Å². The maximum Gasteiger partial charge on any atom is 0.337 e. The second-order valence-corrected chi connectivity index (χ2v) is 6.73. The van der Waals surface area contributed by atoms with E-state index in [1.165, 1.54) is 18.2 Å². The fraction of sp³-hybridized carbons (Fsp3) is 0.333. The molecule has 0 aromatic heterocycles. The van der Waals surface area contributed by atoms with Crippen molar-refractivity contribution in [2.24, 2.45) is 0 Å². The summed E-state index contributed by atoms with van der Waals surface area (Å²) in [6.45, 7) is 1.79. The molecule has 0 amide bonds. The van der Waals surface area contributed by atoms with E-state index in [1.807, 2.05) is 0 Å². The van der Waals surface area contributed by atoms with Crippen LogP contribution in [0, 0.1) is 0 Å². The summed E-state index contributed by atoms with van der Waals surface area (Å²) in [6, 6.07) is 4.12. The van der Waals surface area contributed by atoms with Gasteiger partial charge in [0.2, 0.25) is 10.0 Å². The Labute approximate surface area is 130 Å². The lowest BCUT2D eigenvalue weighted by atomic mass is 10.2. The van der Waals surface area contributed by atoms with Crippen molar-refractivity contribution in [3.63, 3.8) is 0 Å². The Morgan fingerprint density at radius 1 is 1.38 bits per heavy atom. The number of aromatic carboxylic acids is 1. The Kier molecular flexibility index (Phi) is 6.16. The summed E-state index contributed by atoms with van der Waals surface area (Å²) >= 11 is 3.11. The Morgan fingerprint density at radius 3 is 2.62 bits per heavy atom. The number of nitrogens with one attached hydrogen (secondary N) is 1. The molecule has 0 bridgehead atoms. The molecular formula is C12H14BrNO6S. The van der Waals surface area contributed by atoms with Gasteiger partial charge in [-0.1, -0.05) is 15.9 Å². The van der Waals surface area contributed by atoms with Gasteiger partial charge in [-0.3, -0.25) is 9.52 Å². The number of ether oxygens (including phenoxy) is 1. The van der Waals surface area contributed by atoms with Crippen molar-refractivity contribution >= 4 is 43.6 Å². The topological polar surface area (TPSA) is 110 Å². The predicted molar refractivity (Wildman–Crippen MR) is 79.8 cm³/mol. The molecule has 0 aliphatic heterocycles. The van der Waals surface area contributed by atoms with Crippen molar-refractivity contribution < 1.29 is 27.9 Å². The highest BCUT2D eigenvalue weighted by atomic mass is 79.9. The maximum atomic E-state index is 11.8. The minimum Gasteiger partial charge on any atom is -0.478 e. The van der Waals surface area contributed by atoms with Gasteiger partial charge in [0.15, 0.2) is 0 Å². The lowest BCUT2D eigenvalue weighted by molar-refractivity contribution is -0.142. The van der Waals surface area contributed by atoms with Gasteiger partial charge in [0.05, 0.1) is 30.0 Å². The molecule has 7 nitrogen and oxygen atoms in total. The quantitative estimate of drug-likeness (QED) is 0.699. The van der Waals surface area contributed by atoms with Crippen LogP contribution in [0.4, 0.5) is 5.69 Å². The van der Waals surface area contributed by atoms with Crippen molar-refractivity contribution in [3.8, 4) is 0 Å². The molecular weight excluding hydrogens is 366 g/mol. The predicted octanol–water partition coefficient (Wildman–Crippen LogP) is 1.84. The highest BCUT2D eigenvalue weighted by Gasteiger charge is 2.18. The highest BCUT2D eigenvalue weighted by Crippen LogP contribution is 2.22. The van der Waals surface area contributed by atoms with Gasteiger partial charge in [-0.05, 0) is 25.1 Å². The monoisotopic (exact) mass is 379 g/mol. The molecule has 1 aromatic carbocycles. The van der Waals surface area contributed by atoms with Crippen LogP contribution in [-0.4, -0.2) is 37.8 Å². The summed E-state index contributed by atoms with van der Waals surface area (Å²) < 4.78 is 31.0. The minimum absolute atomic E-state index is 0.0606.